The van der Waals surface area contributed by atoms with Crippen molar-refractivity contribution in [2.45, 2.75) is 32.2 Å². The highest BCUT2D eigenvalue weighted by molar-refractivity contribution is 5.27. The van der Waals surface area contributed by atoms with Crippen LogP contribution in [0.3, 0.4) is 0 Å². The summed E-state index contributed by atoms with van der Waals surface area (Å²) >= 11 is 0. The lowest BCUT2D eigenvalue weighted by Gasteiger charge is -2.29. The van der Waals surface area contributed by atoms with E-state index in [1.807, 2.05) is 0 Å². The van der Waals surface area contributed by atoms with Crippen molar-refractivity contribution < 1.29 is 0 Å². The summed E-state index contributed by atoms with van der Waals surface area (Å²) in [5, 5.41) is 3.30. The molecule has 0 amide bonds. The third-order valence-electron chi connectivity index (χ3n) is 2.46. The zero-order chi connectivity index (χ0) is 10.4. The number of nitrogens with one attached hydrogen (secondary N) is 1. The molecule has 0 aromatic carbocycles. The third kappa shape index (κ3) is 2.96. The van der Waals surface area contributed by atoms with Crippen LogP contribution < -0.4 is 11.1 Å². The third-order valence-corrected chi connectivity index (χ3v) is 2.46. The Labute approximate surface area is 85.0 Å². The number of anilines is 1. The van der Waals surface area contributed by atoms with Gasteiger partial charge in [0, 0.05) is 17.9 Å². The summed E-state index contributed by atoms with van der Waals surface area (Å²) in [6.07, 6.45) is 5.38. The molecule has 1 atom stereocenters. The first kappa shape index (κ1) is 10.9. The zero-order valence-corrected chi connectivity index (χ0v) is 8.83. The van der Waals surface area contributed by atoms with E-state index < -0.39 is 0 Å². The van der Waals surface area contributed by atoms with Crippen LogP contribution in [-0.4, -0.2) is 22.1 Å². The Hall–Kier alpha value is -1.16. The summed E-state index contributed by atoms with van der Waals surface area (Å²) < 4.78 is 0. The van der Waals surface area contributed by atoms with E-state index in [0.29, 0.717) is 12.5 Å². The van der Waals surface area contributed by atoms with E-state index in [4.69, 9.17) is 5.73 Å². The van der Waals surface area contributed by atoms with E-state index in [1.54, 1.807) is 18.5 Å². The van der Waals surface area contributed by atoms with Gasteiger partial charge in [0.25, 0.3) is 0 Å². The van der Waals surface area contributed by atoms with Crippen molar-refractivity contribution in [1.82, 2.24) is 9.97 Å². The van der Waals surface area contributed by atoms with Gasteiger partial charge in [-0.3, -0.25) is 0 Å². The van der Waals surface area contributed by atoms with Crippen molar-refractivity contribution in [3.05, 3.63) is 18.5 Å². The van der Waals surface area contributed by atoms with Gasteiger partial charge in [-0.05, 0) is 32.4 Å². The van der Waals surface area contributed by atoms with E-state index in [2.05, 4.69) is 29.1 Å². The van der Waals surface area contributed by atoms with Gasteiger partial charge < -0.3 is 11.1 Å². The molecule has 1 rings (SSSR count). The quantitative estimate of drug-likeness (QED) is 0.743. The molecule has 0 bridgehead atoms. The van der Waals surface area contributed by atoms with Crippen LogP contribution in [0.4, 0.5) is 5.95 Å². The molecular weight excluding hydrogens is 176 g/mol. The molecule has 0 spiro atoms. The maximum absolute atomic E-state index is 5.56. The number of nitrogens with zero attached hydrogens (tertiary/aromatic N) is 2. The molecule has 4 nitrogen and oxygen atoms in total. The summed E-state index contributed by atoms with van der Waals surface area (Å²) in [6.45, 7) is 4.94. The molecule has 0 aliphatic carbocycles. The Balaban J connectivity index is 2.65. The molecule has 0 radical (unpaired) electrons. The lowest BCUT2D eigenvalue weighted by molar-refractivity contribution is 0.460. The lowest BCUT2D eigenvalue weighted by Crippen LogP contribution is -2.36. The largest absolute Gasteiger partial charge is 0.349 e. The van der Waals surface area contributed by atoms with Crippen molar-refractivity contribution >= 4 is 5.95 Å². The summed E-state index contributed by atoms with van der Waals surface area (Å²) in [5.74, 6) is 0.672. The Kier molecular flexibility index (Phi) is 3.83. The summed E-state index contributed by atoms with van der Waals surface area (Å²) in [4.78, 5) is 8.26. The molecule has 1 heterocycles. The van der Waals surface area contributed by atoms with Gasteiger partial charge in [-0.25, -0.2) is 9.97 Å². The summed E-state index contributed by atoms with van der Waals surface area (Å²) in [5.41, 5.74) is 5.56. The van der Waals surface area contributed by atoms with Gasteiger partial charge in [-0.15, -0.1) is 0 Å². The Bertz CT molecular complexity index is 262. The first-order valence-corrected chi connectivity index (χ1v) is 4.95. The molecule has 14 heavy (non-hydrogen) atoms. The van der Waals surface area contributed by atoms with Crippen LogP contribution in [0.15, 0.2) is 18.5 Å². The van der Waals surface area contributed by atoms with E-state index in [-0.39, 0.29) is 5.54 Å². The molecular formula is C10H18N4. The molecule has 0 saturated heterocycles. The first-order valence-electron chi connectivity index (χ1n) is 4.95. The number of hydrogen-bond donors (Lipinski definition) is 2. The second-order valence-electron chi connectivity index (χ2n) is 3.65. The lowest BCUT2D eigenvalue weighted by atomic mass is 9.95. The minimum atomic E-state index is -0.00387. The first-order chi connectivity index (χ1) is 6.70. The number of nitrogens with two attached hydrogens (primary N) is 1. The van der Waals surface area contributed by atoms with Gasteiger partial charge in [-0.2, -0.15) is 0 Å². The summed E-state index contributed by atoms with van der Waals surface area (Å²) in [7, 11) is 0. The molecule has 1 aromatic rings. The van der Waals surface area contributed by atoms with E-state index in [9.17, 15) is 0 Å². The second kappa shape index (κ2) is 4.91. The van der Waals surface area contributed by atoms with Gasteiger partial charge in [0.15, 0.2) is 0 Å². The average molecular weight is 194 g/mol. The monoisotopic (exact) mass is 194 g/mol. The molecule has 1 unspecified atom stereocenters. The van der Waals surface area contributed by atoms with Gasteiger partial charge >= 0.3 is 0 Å². The fraction of sp³-hybridized carbons (Fsp3) is 0.600. The number of hydrogen-bond acceptors (Lipinski definition) is 4. The Morgan fingerprint density at radius 1 is 1.43 bits per heavy atom. The van der Waals surface area contributed by atoms with Gasteiger partial charge in [0.05, 0.1) is 0 Å². The topological polar surface area (TPSA) is 63.8 Å². The zero-order valence-electron chi connectivity index (χ0n) is 8.83. The summed E-state index contributed by atoms with van der Waals surface area (Å²) in [6, 6.07) is 1.80. The molecule has 78 valence electrons. The predicted octanol–water partition coefficient (Wildman–Crippen LogP) is 1.41. The van der Waals surface area contributed by atoms with Crippen molar-refractivity contribution in [2.24, 2.45) is 5.73 Å². The molecule has 4 heteroatoms. The minimum Gasteiger partial charge on any atom is -0.349 e. The van der Waals surface area contributed by atoms with Crippen molar-refractivity contribution in [3.63, 3.8) is 0 Å². The molecule has 0 aliphatic heterocycles. The predicted molar refractivity (Wildman–Crippen MR) is 58.0 cm³/mol. The maximum Gasteiger partial charge on any atom is 0.222 e. The van der Waals surface area contributed by atoms with Crippen LogP contribution in [0.1, 0.15) is 26.7 Å². The van der Waals surface area contributed by atoms with Crippen LogP contribution in [0.2, 0.25) is 0 Å². The fourth-order valence-electron chi connectivity index (χ4n) is 1.28. The van der Waals surface area contributed by atoms with Crippen molar-refractivity contribution in [2.75, 3.05) is 11.9 Å². The maximum atomic E-state index is 5.56. The van der Waals surface area contributed by atoms with Crippen LogP contribution in [0, 0.1) is 0 Å². The van der Waals surface area contributed by atoms with E-state index >= 15 is 0 Å². The van der Waals surface area contributed by atoms with Crippen molar-refractivity contribution in [3.8, 4) is 0 Å². The van der Waals surface area contributed by atoms with Gasteiger partial charge in [-0.1, -0.05) is 6.92 Å². The normalized spacial score (nSPS) is 14.8. The SMILES string of the molecule is CCC(C)(CCN)Nc1ncccn1. The Morgan fingerprint density at radius 2 is 2.07 bits per heavy atom. The van der Waals surface area contributed by atoms with Crippen LogP contribution in [0.25, 0.3) is 0 Å². The highest BCUT2D eigenvalue weighted by Crippen LogP contribution is 2.18. The molecule has 0 fully saturated rings. The highest BCUT2D eigenvalue weighted by atomic mass is 15.1. The standard InChI is InChI=1S/C10H18N4/c1-3-10(2,5-6-11)14-9-12-7-4-8-13-9/h4,7-8H,3,5-6,11H2,1-2H3,(H,12,13,14). The minimum absolute atomic E-state index is 0.00387. The number of rotatable bonds is 5. The van der Waals surface area contributed by atoms with Gasteiger partial charge in [0.1, 0.15) is 0 Å². The molecule has 1 aromatic heterocycles. The van der Waals surface area contributed by atoms with Crippen LogP contribution in [-0.2, 0) is 0 Å². The molecule has 0 aliphatic rings. The molecule has 3 N–H and O–H groups in total. The van der Waals surface area contributed by atoms with Crippen molar-refractivity contribution in [1.29, 1.82) is 0 Å². The molecule has 0 saturated carbocycles. The highest BCUT2D eigenvalue weighted by Gasteiger charge is 2.21. The van der Waals surface area contributed by atoms with Crippen LogP contribution >= 0.6 is 0 Å². The van der Waals surface area contributed by atoms with E-state index in [0.717, 1.165) is 12.8 Å². The smallest absolute Gasteiger partial charge is 0.222 e. The van der Waals surface area contributed by atoms with E-state index in [1.165, 1.54) is 0 Å². The Morgan fingerprint density at radius 3 is 2.57 bits per heavy atom. The van der Waals surface area contributed by atoms with Gasteiger partial charge in [0.2, 0.25) is 5.95 Å². The number of aromatic nitrogens is 2. The van der Waals surface area contributed by atoms with Crippen LogP contribution in [0.5, 0.6) is 0 Å². The fourth-order valence-corrected chi connectivity index (χ4v) is 1.28. The average Bonchev–Trinajstić information content (AvgIpc) is 2.20. The second-order valence-corrected chi connectivity index (χ2v) is 3.65.